The highest BCUT2D eigenvalue weighted by atomic mass is 35.5. The lowest BCUT2D eigenvalue weighted by molar-refractivity contribution is -0.0498. The van der Waals surface area contributed by atoms with Crippen LogP contribution in [0.1, 0.15) is 21.5 Å². The lowest BCUT2D eigenvalue weighted by Gasteiger charge is -2.12. The van der Waals surface area contributed by atoms with Crippen LogP contribution < -0.4 is 20.5 Å². The third kappa shape index (κ3) is 6.19. The number of aromatic nitrogens is 1. The van der Waals surface area contributed by atoms with E-state index in [1.54, 1.807) is 30.3 Å². The molecule has 0 saturated heterocycles. The van der Waals surface area contributed by atoms with Gasteiger partial charge in [0.1, 0.15) is 12.4 Å². The number of amides is 1. The number of ether oxygens (including phenoxy) is 2. The smallest absolute Gasteiger partial charge is 0.387 e. The third-order valence-corrected chi connectivity index (χ3v) is 4.86. The van der Waals surface area contributed by atoms with Crippen molar-refractivity contribution < 1.29 is 23.0 Å². The lowest BCUT2D eigenvalue weighted by atomic mass is 10.2. The summed E-state index contributed by atoms with van der Waals surface area (Å²) in [6.07, 6.45) is 1.30. The van der Waals surface area contributed by atoms with E-state index in [1.165, 1.54) is 24.4 Å². The largest absolute Gasteiger partial charge is 0.485 e. The summed E-state index contributed by atoms with van der Waals surface area (Å²) in [6.45, 7) is -2.80. The van der Waals surface area contributed by atoms with E-state index in [1.807, 2.05) is 0 Å². The molecule has 3 aromatic rings. The van der Waals surface area contributed by atoms with Gasteiger partial charge in [-0.2, -0.15) is 8.78 Å². The van der Waals surface area contributed by atoms with Crippen LogP contribution in [-0.4, -0.2) is 17.5 Å². The highest BCUT2D eigenvalue weighted by Crippen LogP contribution is 2.27. The lowest BCUT2D eigenvalue weighted by Crippen LogP contribution is -2.23. The highest BCUT2D eigenvalue weighted by Gasteiger charge is 2.13. The van der Waals surface area contributed by atoms with E-state index >= 15 is 0 Å². The van der Waals surface area contributed by atoms with E-state index < -0.39 is 12.5 Å². The first-order valence-electron chi connectivity index (χ1n) is 8.96. The molecule has 1 aromatic heterocycles. The van der Waals surface area contributed by atoms with Crippen LogP contribution in [-0.2, 0) is 13.2 Å². The van der Waals surface area contributed by atoms with Crippen molar-refractivity contribution in [1.82, 2.24) is 10.3 Å². The molecule has 0 aliphatic carbocycles. The third-order valence-electron chi connectivity index (χ3n) is 4.15. The monoisotopic (exact) mass is 467 g/mol. The molecule has 0 atom stereocenters. The number of nitrogens with zero attached hydrogens (tertiary/aromatic N) is 1. The summed E-state index contributed by atoms with van der Waals surface area (Å²) in [5.41, 5.74) is 7.20. The molecule has 10 heteroatoms. The molecule has 3 rings (SSSR count). The summed E-state index contributed by atoms with van der Waals surface area (Å²) in [7, 11) is 0. The molecule has 2 aromatic carbocycles. The Hall–Kier alpha value is -3.10. The number of carbonyl (C=O) groups excluding carboxylic acids is 1. The van der Waals surface area contributed by atoms with Crippen molar-refractivity contribution in [3.8, 4) is 11.5 Å². The van der Waals surface area contributed by atoms with Gasteiger partial charge in [-0.1, -0.05) is 41.4 Å². The molecule has 3 N–H and O–H groups in total. The van der Waals surface area contributed by atoms with Crippen LogP contribution in [0, 0.1) is 0 Å². The van der Waals surface area contributed by atoms with Gasteiger partial charge in [-0.25, -0.2) is 4.98 Å². The van der Waals surface area contributed by atoms with Gasteiger partial charge in [0.05, 0.1) is 5.56 Å². The van der Waals surface area contributed by atoms with Gasteiger partial charge in [0.2, 0.25) is 0 Å². The average molecular weight is 468 g/mol. The molecule has 0 aliphatic heterocycles. The number of hydrogen-bond acceptors (Lipinski definition) is 5. The maximum absolute atomic E-state index is 12.5. The summed E-state index contributed by atoms with van der Waals surface area (Å²) in [4.78, 5) is 16.5. The first kappa shape index (κ1) is 22.6. The Bertz CT molecular complexity index is 1060. The Morgan fingerprint density at radius 3 is 2.55 bits per heavy atom. The minimum atomic E-state index is -2.93. The van der Waals surface area contributed by atoms with E-state index in [2.05, 4.69) is 15.0 Å². The number of rotatable bonds is 8. The Labute approximate surface area is 186 Å². The number of halogens is 4. The Kier molecular flexibility index (Phi) is 7.49. The van der Waals surface area contributed by atoms with Crippen LogP contribution in [0.25, 0.3) is 0 Å². The summed E-state index contributed by atoms with van der Waals surface area (Å²) in [6, 6.07) is 12.5. The normalized spacial score (nSPS) is 10.7. The number of nitrogens with two attached hydrogens (primary N) is 1. The highest BCUT2D eigenvalue weighted by molar-refractivity contribution is 6.35. The van der Waals surface area contributed by atoms with Gasteiger partial charge in [-0.3, -0.25) is 4.79 Å². The molecule has 6 nitrogen and oxygen atoms in total. The van der Waals surface area contributed by atoms with Crippen molar-refractivity contribution in [3.05, 3.63) is 81.5 Å². The number of nitrogens with one attached hydrogen (secondary N) is 1. The molecule has 31 heavy (non-hydrogen) atoms. The zero-order valence-corrected chi connectivity index (χ0v) is 17.5. The first-order chi connectivity index (χ1) is 14.8. The van der Waals surface area contributed by atoms with Crippen LogP contribution >= 0.6 is 23.2 Å². The number of carbonyl (C=O) groups is 1. The van der Waals surface area contributed by atoms with Crippen LogP contribution in [0.4, 0.5) is 14.6 Å². The molecule has 1 amide bonds. The second kappa shape index (κ2) is 10.3. The number of hydrogen-bond donors (Lipinski definition) is 2. The molecule has 0 unspecified atom stereocenters. The number of benzene rings is 2. The maximum Gasteiger partial charge on any atom is 0.387 e. The van der Waals surface area contributed by atoms with Crippen molar-refractivity contribution in [2.45, 2.75) is 19.8 Å². The predicted octanol–water partition coefficient (Wildman–Crippen LogP) is 5.08. The fourth-order valence-electron chi connectivity index (χ4n) is 2.63. The van der Waals surface area contributed by atoms with E-state index in [0.717, 1.165) is 0 Å². The minimum absolute atomic E-state index is 0.00446. The van der Waals surface area contributed by atoms with Crippen molar-refractivity contribution in [2.75, 3.05) is 5.73 Å². The van der Waals surface area contributed by atoms with Crippen molar-refractivity contribution >= 4 is 34.9 Å². The molecule has 0 saturated carbocycles. The number of alkyl halides is 2. The maximum atomic E-state index is 12.5. The van der Waals surface area contributed by atoms with Crippen molar-refractivity contribution in [1.29, 1.82) is 0 Å². The second-order valence-electron chi connectivity index (χ2n) is 6.30. The summed E-state index contributed by atoms with van der Waals surface area (Å²) >= 11 is 12.3. The molecular formula is C21H17Cl2F2N3O3. The van der Waals surface area contributed by atoms with Crippen LogP contribution in [0.3, 0.4) is 0 Å². The predicted molar refractivity (Wildman–Crippen MR) is 114 cm³/mol. The fourth-order valence-corrected chi connectivity index (χ4v) is 3.14. The summed E-state index contributed by atoms with van der Waals surface area (Å²) in [5, 5.41) is 3.55. The van der Waals surface area contributed by atoms with Gasteiger partial charge in [-0.05, 0) is 35.9 Å². The fraction of sp³-hybridized carbons (Fsp3) is 0.143. The molecule has 162 valence electrons. The number of anilines is 1. The number of nitrogen functional groups attached to an aromatic ring is 1. The Morgan fingerprint density at radius 1 is 1.13 bits per heavy atom. The molecule has 0 radical (unpaired) electrons. The molecular weight excluding hydrogens is 451 g/mol. The second-order valence-corrected chi connectivity index (χ2v) is 7.12. The van der Waals surface area contributed by atoms with Gasteiger partial charge in [-0.15, -0.1) is 0 Å². The quantitative estimate of drug-likeness (QED) is 0.482. The zero-order chi connectivity index (χ0) is 22.4. The molecule has 0 aliphatic rings. The standard InChI is InChI=1S/C21H17Cl2F2N3O3/c22-16-5-2-6-17(23)15(16)11-30-18-8-13(10-27-19(18)26)20(29)28-9-12-3-1-4-14(7-12)31-21(24)25/h1-8,10,21H,9,11H2,(H2,26,27)(H,28,29). The van der Waals surface area contributed by atoms with Crippen LogP contribution in [0.15, 0.2) is 54.7 Å². The molecule has 0 spiro atoms. The molecule has 0 fully saturated rings. The summed E-state index contributed by atoms with van der Waals surface area (Å²) < 4.78 is 34.7. The topological polar surface area (TPSA) is 86.5 Å². The van der Waals surface area contributed by atoms with Gasteiger partial charge in [0.25, 0.3) is 5.91 Å². The van der Waals surface area contributed by atoms with Gasteiger partial charge in [0.15, 0.2) is 11.6 Å². The SMILES string of the molecule is Nc1ncc(C(=O)NCc2cccc(OC(F)F)c2)cc1OCc1c(Cl)cccc1Cl. The number of pyridine rings is 1. The minimum Gasteiger partial charge on any atom is -0.485 e. The van der Waals surface area contributed by atoms with Gasteiger partial charge in [0, 0.05) is 28.4 Å². The van der Waals surface area contributed by atoms with Gasteiger partial charge < -0.3 is 20.5 Å². The van der Waals surface area contributed by atoms with E-state index in [9.17, 15) is 13.6 Å². The van der Waals surface area contributed by atoms with E-state index in [0.29, 0.717) is 21.2 Å². The zero-order valence-electron chi connectivity index (χ0n) is 15.9. The van der Waals surface area contributed by atoms with Crippen molar-refractivity contribution in [2.24, 2.45) is 0 Å². The van der Waals surface area contributed by atoms with Gasteiger partial charge >= 0.3 is 6.61 Å². The molecule has 0 bridgehead atoms. The van der Waals surface area contributed by atoms with E-state index in [4.69, 9.17) is 33.7 Å². The van der Waals surface area contributed by atoms with Crippen molar-refractivity contribution in [3.63, 3.8) is 0 Å². The van der Waals surface area contributed by atoms with Crippen LogP contribution in [0.2, 0.25) is 10.0 Å². The van der Waals surface area contributed by atoms with E-state index in [-0.39, 0.29) is 36.0 Å². The molecule has 1 heterocycles. The Morgan fingerprint density at radius 2 is 1.84 bits per heavy atom. The average Bonchev–Trinajstić information content (AvgIpc) is 2.72. The summed E-state index contributed by atoms with van der Waals surface area (Å²) in [5.74, 6) is -0.161. The van der Waals surface area contributed by atoms with Crippen LogP contribution in [0.5, 0.6) is 11.5 Å². The Balaban J connectivity index is 1.66. The first-order valence-corrected chi connectivity index (χ1v) is 9.72.